The third kappa shape index (κ3) is 11.0. The number of benzene rings is 3. The summed E-state index contributed by atoms with van der Waals surface area (Å²) in [6.07, 6.45) is 3.93. The maximum absolute atomic E-state index is 11.8. The molecule has 0 aliphatic carbocycles. The van der Waals surface area contributed by atoms with Crippen LogP contribution in [0.1, 0.15) is 93.1 Å². The fourth-order valence-electron chi connectivity index (χ4n) is 6.24. The molecule has 3 aromatic carbocycles. The van der Waals surface area contributed by atoms with Gasteiger partial charge in [-0.2, -0.15) is 0 Å². The van der Waals surface area contributed by atoms with Crippen LogP contribution in [0.15, 0.2) is 91.0 Å². The summed E-state index contributed by atoms with van der Waals surface area (Å²) in [5.74, 6) is 0.356. The van der Waals surface area contributed by atoms with Gasteiger partial charge in [0.1, 0.15) is 0 Å². The van der Waals surface area contributed by atoms with E-state index in [1.807, 2.05) is 25.1 Å². The van der Waals surface area contributed by atoms with Crippen molar-refractivity contribution in [2.24, 2.45) is 5.92 Å². The van der Waals surface area contributed by atoms with Gasteiger partial charge in [0.15, 0.2) is 8.32 Å². The third-order valence-corrected chi connectivity index (χ3v) is 19.8. The van der Waals surface area contributed by atoms with E-state index in [-0.39, 0.29) is 16.2 Å². The van der Waals surface area contributed by atoms with E-state index in [2.05, 4.69) is 134 Å². The molecule has 260 valence electrons. The van der Waals surface area contributed by atoms with Crippen LogP contribution in [0.4, 0.5) is 0 Å². The molecular weight excluding hydrogens is 613 g/mol. The van der Waals surface area contributed by atoms with Gasteiger partial charge >= 0.3 is 0 Å². The maximum Gasteiger partial charge on any atom is 0.261 e. The van der Waals surface area contributed by atoms with Gasteiger partial charge in [-0.25, -0.2) is 0 Å². The second kappa shape index (κ2) is 17.0. The Morgan fingerprint density at radius 2 is 1.17 bits per heavy atom. The highest BCUT2D eigenvalue weighted by atomic mass is 28.4. The normalized spacial score (nSPS) is 15.6. The minimum absolute atomic E-state index is 0.0449. The van der Waals surface area contributed by atoms with E-state index in [0.717, 1.165) is 31.2 Å². The van der Waals surface area contributed by atoms with E-state index in [0.29, 0.717) is 32.2 Å². The van der Waals surface area contributed by atoms with Crippen LogP contribution in [0.3, 0.4) is 0 Å². The van der Waals surface area contributed by atoms with Crippen LogP contribution in [-0.2, 0) is 20.2 Å². The van der Waals surface area contributed by atoms with Crippen LogP contribution in [0.25, 0.3) is 0 Å². The fourth-order valence-corrected chi connectivity index (χ4v) is 12.0. The smallest absolute Gasteiger partial charge is 0.261 e. The van der Waals surface area contributed by atoms with Crippen molar-refractivity contribution < 1.29 is 18.7 Å². The number of hydrogen-bond donors (Lipinski definition) is 1. The molecule has 6 heteroatoms. The number of aliphatic hydroxyl groups is 1. The minimum atomic E-state index is -2.57. The van der Waals surface area contributed by atoms with Gasteiger partial charge in [0.25, 0.3) is 8.32 Å². The van der Waals surface area contributed by atoms with E-state index in [9.17, 15) is 5.11 Å². The first-order valence-corrected chi connectivity index (χ1v) is 22.6. The van der Waals surface area contributed by atoms with Crippen LogP contribution in [-0.4, -0.2) is 46.7 Å². The Kier molecular flexibility index (Phi) is 14.3. The molecule has 3 atom stereocenters. The van der Waals surface area contributed by atoms with Gasteiger partial charge in [-0.3, -0.25) is 0 Å². The number of ether oxygens (including phenoxy) is 1. The van der Waals surface area contributed by atoms with Crippen LogP contribution < -0.4 is 10.4 Å². The van der Waals surface area contributed by atoms with Gasteiger partial charge in [-0.05, 0) is 77.6 Å². The quantitative estimate of drug-likeness (QED) is 0.108. The molecule has 0 aliphatic heterocycles. The molecule has 0 saturated heterocycles. The predicted octanol–water partition coefficient (Wildman–Crippen LogP) is 9.51. The highest BCUT2D eigenvalue weighted by Crippen LogP contribution is 2.38. The third-order valence-electron chi connectivity index (χ3n) is 10.2. The Morgan fingerprint density at radius 1 is 0.660 bits per heavy atom. The predicted molar refractivity (Wildman–Crippen MR) is 205 cm³/mol. The summed E-state index contributed by atoms with van der Waals surface area (Å²) < 4.78 is 20.1. The van der Waals surface area contributed by atoms with Crippen LogP contribution in [0.5, 0.6) is 0 Å². The van der Waals surface area contributed by atoms with Gasteiger partial charge in [-0.15, -0.1) is 0 Å². The van der Waals surface area contributed by atoms with Crippen molar-refractivity contribution in [1.29, 1.82) is 0 Å². The highest BCUT2D eigenvalue weighted by Gasteiger charge is 2.50. The minimum Gasteiger partial charge on any atom is -0.417 e. The van der Waals surface area contributed by atoms with Gasteiger partial charge < -0.3 is 18.7 Å². The molecule has 4 nitrogen and oxygen atoms in total. The molecule has 0 aromatic heterocycles. The van der Waals surface area contributed by atoms with Crippen LogP contribution in [0.2, 0.25) is 23.2 Å². The molecule has 47 heavy (non-hydrogen) atoms. The van der Waals surface area contributed by atoms with Crippen molar-refractivity contribution >= 4 is 27.0 Å². The van der Waals surface area contributed by atoms with Crippen molar-refractivity contribution in [1.82, 2.24) is 0 Å². The van der Waals surface area contributed by atoms with E-state index < -0.39 is 22.2 Å². The SMILES string of the molecule is CC(CCC[C@](C)(O)[C@@H](CCCO[Si](C)(C)C(C)(C)C)OCc1ccccc1)CO[Si](c1ccccc1)(c1ccccc1)C(C)(C)C. The first-order valence-electron chi connectivity index (χ1n) is 17.8. The summed E-state index contributed by atoms with van der Waals surface area (Å²) in [5.41, 5.74) is 0.185. The molecule has 0 fully saturated rings. The average molecular weight is 677 g/mol. The molecule has 0 spiro atoms. The lowest BCUT2D eigenvalue weighted by Crippen LogP contribution is -2.66. The van der Waals surface area contributed by atoms with E-state index in [1.165, 1.54) is 10.4 Å². The van der Waals surface area contributed by atoms with Gasteiger partial charge in [0.2, 0.25) is 0 Å². The first-order chi connectivity index (χ1) is 22.0. The lowest BCUT2D eigenvalue weighted by atomic mass is 9.88. The lowest BCUT2D eigenvalue weighted by Gasteiger charge is -2.43. The molecule has 0 saturated carbocycles. The van der Waals surface area contributed by atoms with Gasteiger partial charge in [0.05, 0.1) is 18.3 Å². The van der Waals surface area contributed by atoms with Crippen molar-refractivity contribution in [2.75, 3.05) is 13.2 Å². The van der Waals surface area contributed by atoms with E-state index in [4.69, 9.17) is 13.6 Å². The van der Waals surface area contributed by atoms with Gasteiger partial charge in [-0.1, -0.05) is 146 Å². The Labute approximate surface area is 289 Å². The summed E-state index contributed by atoms with van der Waals surface area (Å²) in [5, 5.41) is 14.6. The standard InChI is InChI=1S/C41H64O4Si2/c1-34(32-45-47(40(5,6)7,36-25-16-12-17-26-36)37-27-18-13-19-28-37)22-20-30-41(8,42)38(43-33-35-23-14-11-15-24-35)29-21-31-44-46(9,10)39(2,3)4/h11-19,23-28,34,38,42H,20-22,29-33H2,1-10H3/t34?,38-,41+/m1/s1. The lowest BCUT2D eigenvalue weighted by molar-refractivity contribution is -0.115. The monoisotopic (exact) mass is 676 g/mol. The molecule has 3 aromatic rings. The summed E-state index contributed by atoms with van der Waals surface area (Å²) in [7, 11) is -4.39. The molecule has 0 heterocycles. The molecule has 0 radical (unpaired) electrons. The summed E-state index contributed by atoms with van der Waals surface area (Å²) >= 11 is 0. The fraction of sp³-hybridized carbons (Fsp3) is 0.561. The highest BCUT2D eigenvalue weighted by molar-refractivity contribution is 6.99. The molecule has 0 bridgehead atoms. The van der Waals surface area contributed by atoms with Crippen molar-refractivity contribution in [3.8, 4) is 0 Å². The van der Waals surface area contributed by atoms with E-state index in [1.54, 1.807) is 0 Å². The Balaban J connectivity index is 1.65. The van der Waals surface area contributed by atoms with Crippen LogP contribution in [0, 0.1) is 5.92 Å². The summed E-state index contributed by atoms with van der Waals surface area (Å²) in [6, 6.07) is 32.0. The van der Waals surface area contributed by atoms with E-state index >= 15 is 0 Å². The zero-order valence-corrected chi connectivity index (χ0v) is 33.1. The summed E-state index contributed by atoms with van der Waals surface area (Å²) in [4.78, 5) is 0. The number of hydrogen-bond acceptors (Lipinski definition) is 4. The molecule has 3 rings (SSSR count). The topological polar surface area (TPSA) is 47.9 Å². The largest absolute Gasteiger partial charge is 0.417 e. The van der Waals surface area contributed by atoms with Crippen molar-refractivity contribution in [2.45, 2.75) is 129 Å². The Hall–Kier alpha value is -2.07. The zero-order chi connectivity index (χ0) is 34.8. The average Bonchev–Trinajstić information content (AvgIpc) is 3.01. The zero-order valence-electron chi connectivity index (χ0n) is 31.1. The molecule has 0 amide bonds. The van der Waals surface area contributed by atoms with Crippen LogP contribution >= 0.6 is 0 Å². The second-order valence-corrected chi connectivity index (χ2v) is 25.5. The van der Waals surface area contributed by atoms with Gasteiger partial charge in [0, 0.05) is 13.2 Å². The second-order valence-electron chi connectivity index (χ2n) is 16.4. The molecule has 1 unspecified atom stereocenters. The van der Waals surface area contributed by atoms with Crippen molar-refractivity contribution in [3.63, 3.8) is 0 Å². The first kappa shape index (κ1) is 39.4. The molecule has 1 N–H and O–H groups in total. The Bertz CT molecular complexity index is 1260. The van der Waals surface area contributed by atoms with Crippen molar-refractivity contribution in [3.05, 3.63) is 96.6 Å². The maximum atomic E-state index is 11.8. The number of rotatable bonds is 18. The summed E-state index contributed by atoms with van der Waals surface area (Å²) in [6.45, 7) is 24.5. The molecule has 0 aliphatic rings. The Morgan fingerprint density at radius 3 is 1.66 bits per heavy atom. The molecular formula is C41H64O4Si2.